The van der Waals surface area contributed by atoms with Gasteiger partial charge in [-0.1, -0.05) is 18.6 Å². The van der Waals surface area contributed by atoms with E-state index in [1.54, 1.807) is 18.3 Å². The molecule has 1 saturated heterocycles. The van der Waals surface area contributed by atoms with E-state index in [0.717, 1.165) is 37.1 Å². The smallest absolute Gasteiger partial charge is 0.243 e. The maximum atomic E-state index is 13.7. The predicted octanol–water partition coefficient (Wildman–Crippen LogP) is 2.55. The van der Waals surface area contributed by atoms with Gasteiger partial charge in [0, 0.05) is 25.2 Å². The lowest BCUT2D eigenvalue weighted by Crippen LogP contribution is -2.56. The lowest BCUT2D eigenvalue weighted by Gasteiger charge is -2.38. The van der Waals surface area contributed by atoms with Crippen LogP contribution >= 0.6 is 0 Å². The lowest BCUT2D eigenvalue weighted by atomic mass is 9.98. The molecule has 1 aliphatic heterocycles. The fourth-order valence-electron chi connectivity index (χ4n) is 4.09. The number of benzene rings is 1. The molecule has 2 aromatic rings. The minimum absolute atomic E-state index is 0.0309. The van der Waals surface area contributed by atoms with Crippen molar-refractivity contribution in [1.29, 1.82) is 0 Å². The van der Waals surface area contributed by atoms with Crippen LogP contribution in [-0.2, 0) is 22.6 Å². The maximum Gasteiger partial charge on any atom is 0.243 e. The number of pyridine rings is 1. The molecular formula is C24H31F2N5O2. The van der Waals surface area contributed by atoms with E-state index >= 15 is 0 Å². The van der Waals surface area contributed by atoms with Gasteiger partial charge in [0.05, 0.1) is 6.04 Å². The van der Waals surface area contributed by atoms with Crippen molar-refractivity contribution in [3.05, 3.63) is 59.3 Å². The van der Waals surface area contributed by atoms with E-state index in [0.29, 0.717) is 17.8 Å². The summed E-state index contributed by atoms with van der Waals surface area (Å²) < 4.78 is 27.1. The van der Waals surface area contributed by atoms with Crippen LogP contribution in [-0.4, -0.2) is 46.4 Å². The number of carbonyl (C=O) groups is 2. The zero-order valence-corrected chi connectivity index (χ0v) is 19.0. The molecule has 2 amide bonds. The first-order valence-electron chi connectivity index (χ1n) is 11.2. The molecule has 1 aliphatic rings. The van der Waals surface area contributed by atoms with E-state index in [4.69, 9.17) is 5.73 Å². The van der Waals surface area contributed by atoms with Crippen molar-refractivity contribution in [2.75, 3.05) is 12.3 Å². The number of amides is 2. The highest BCUT2D eigenvalue weighted by molar-refractivity contribution is 5.90. The zero-order chi connectivity index (χ0) is 24.0. The first kappa shape index (κ1) is 24.6. The number of nitrogens with one attached hydrogen (secondary N) is 2. The van der Waals surface area contributed by atoms with E-state index in [1.165, 1.54) is 6.07 Å². The summed E-state index contributed by atoms with van der Waals surface area (Å²) in [6, 6.07) is 5.77. The summed E-state index contributed by atoms with van der Waals surface area (Å²) in [5.41, 5.74) is 6.74. The topological polar surface area (TPSA) is 100 Å². The Hall–Kier alpha value is -3.07. The SMILES string of the molecule is CC(C)N1CCCC[C@@H]1C(=O)N[C@@H](Cc1ccc(F)c(F)c1)C(=O)NCc1ccc(N)nc1. The fraction of sp³-hybridized carbons (Fsp3) is 0.458. The molecule has 1 fully saturated rings. The molecule has 0 unspecified atom stereocenters. The Labute approximate surface area is 192 Å². The van der Waals surface area contributed by atoms with Crippen LogP contribution in [0.2, 0.25) is 0 Å². The van der Waals surface area contributed by atoms with Crippen molar-refractivity contribution in [3.8, 4) is 0 Å². The number of anilines is 1. The molecule has 1 aromatic heterocycles. The number of nitrogens with two attached hydrogens (primary N) is 1. The highest BCUT2D eigenvalue weighted by Gasteiger charge is 2.32. The van der Waals surface area contributed by atoms with Gasteiger partial charge in [-0.25, -0.2) is 13.8 Å². The first-order valence-corrected chi connectivity index (χ1v) is 11.2. The van der Waals surface area contributed by atoms with E-state index < -0.39 is 23.6 Å². The Morgan fingerprint density at radius 2 is 1.91 bits per heavy atom. The van der Waals surface area contributed by atoms with E-state index in [1.807, 2.05) is 13.8 Å². The van der Waals surface area contributed by atoms with Crippen LogP contribution in [0.4, 0.5) is 14.6 Å². The summed E-state index contributed by atoms with van der Waals surface area (Å²) in [4.78, 5) is 32.3. The number of nitrogens with zero attached hydrogens (tertiary/aromatic N) is 2. The number of carbonyl (C=O) groups excluding carboxylic acids is 2. The first-order chi connectivity index (χ1) is 15.7. The monoisotopic (exact) mass is 459 g/mol. The van der Waals surface area contributed by atoms with Crippen molar-refractivity contribution in [1.82, 2.24) is 20.5 Å². The number of nitrogen functional groups attached to an aromatic ring is 1. The number of hydrogen-bond donors (Lipinski definition) is 3. The number of rotatable bonds is 8. The summed E-state index contributed by atoms with van der Waals surface area (Å²) in [7, 11) is 0. The van der Waals surface area contributed by atoms with Crippen LogP contribution in [0.15, 0.2) is 36.5 Å². The molecule has 4 N–H and O–H groups in total. The normalized spacial score (nSPS) is 17.5. The molecular weight excluding hydrogens is 428 g/mol. The number of halogens is 2. The number of piperidine rings is 1. The van der Waals surface area contributed by atoms with Gasteiger partial charge in [-0.2, -0.15) is 0 Å². The minimum atomic E-state index is -0.996. The van der Waals surface area contributed by atoms with Gasteiger partial charge in [0.15, 0.2) is 11.6 Å². The number of hydrogen-bond acceptors (Lipinski definition) is 5. The molecule has 9 heteroatoms. The molecule has 0 bridgehead atoms. The summed E-state index contributed by atoms with van der Waals surface area (Å²) in [5, 5.41) is 5.65. The molecule has 3 rings (SSSR count). The molecule has 0 aliphatic carbocycles. The molecule has 0 saturated carbocycles. The van der Waals surface area contributed by atoms with Gasteiger partial charge in [-0.15, -0.1) is 0 Å². The Balaban J connectivity index is 1.74. The van der Waals surface area contributed by atoms with Crippen LogP contribution in [0.5, 0.6) is 0 Å². The average Bonchev–Trinajstić information content (AvgIpc) is 2.80. The molecule has 0 radical (unpaired) electrons. The standard InChI is InChI=1S/C24H31F2N5O2/c1-15(2)31-10-4-3-5-21(31)24(33)30-20(12-16-6-8-18(25)19(26)11-16)23(32)29-14-17-7-9-22(27)28-13-17/h6-9,11,13,15,20-21H,3-5,10,12,14H2,1-2H3,(H2,27,28)(H,29,32)(H,30,33)/t20-,21+/m0/s1. The zero-order valence-electron chi connectivity index (χ0n) is 19.0. The summed E-state index contributed by atoms with van der Waals surface area (Å²) >= 11 is 0. The molecule has 0 spiro atoms. The highest BCUT2D eigenvalue weighted by atomic mass is 19.2. The molecule has 2 atom stereocenters. The Bertz CT molecular complexity index is 968. The maximum absolute atomic E-state index is 13.7. The van der Waals surface area contributed by atoms with Gasteiger partial charge in [0.1, 0.15) is 11.9 Å². The second kappa shape index (κ2) is 11.2. The molecule has 1 aromatic carbocycles. The van der Waals surface area contributed by atoms with Crippen molar-refractivity contribution in [2.45, 2.75) is 64.2 Å². The third-order valence-corrected chi connectivity index (χ3v) is 5.88. The number of likely N-dealkylation sites (tertiary alicyclic amines) is 1. The van der Waals surface area contributed by atoms with Crippen LogP contribution in [0, 0.1) is 11.6 Å². The van der Waals surface area contributed by atoms with E-state index in [9.17, 15) is 18.4 Å². The van der Waals surface area contributed by atoms with E-state index in [2.05, 4.69) is 20.5 Å². The van der Waals surface area contributed by atoms with Crippen molar-refractivity contribution < 1.29 is 18.4 Å². The highest BCUT2D eigenvalue weighted by Crippen LogP contribution is 2.20. The lowest BCUT2D eigenvalue weighted by molar-refractivity contribution is -0.133. The van der Waals surface area contributed by atoms with Crippen molar-refractivity contribution in [2.24, 2.45) is 0 Å². The molecule has 2 heterocycles. The van der Waals surface area contributed by atoms with Crippen LogP contribution in [0.25, 0.3) is 0 Å². The predicted molar refractivity (Wildman–Crippen MR) is 122 cm³/mol. The summed E-state index contributed by atoms with van der Waals surface area (Å²) in [5.74, 6) is -2.24. The molecule has 33 heavy (non-hydrogen) atoms. The average molecular weight is 460 g/mol. The van der Waals surface area contributed by atoms with Gasteiger partial charge in [-0.05, 0) is 62.6 Å². The van der Waals surface area contributed by atoms with Crippen LogP contribution < -0.4 is 16.4 Å². The van der Waals surface area contributed by atoms with Crippen LogP contribution in [0.3, 0.4) is 0 Å². The van der Waals surface area contributed by atoms with Crippen LogP contribution in [0.1, 0.15) is 44.2 Å². The second-order valence-electron chi connectivity index (χ2n) is 8.67. The molecule has 7 nitrogen and oxygen atoms in total. The summed E-state index contributed by atoms with van der Waals surface area (Å²) in [6.07, 6.45) is 4.26. The third-order valence-electron chi connectivity index (χ3n) is 5.88. The summed E-state index contributed by atoms with van der Waals surface area (Å²) in [6.45, 7) is 5.09. The minimum Gasteiger partial charge on any atom is -0.384 e. The second-order valence-corrected chi connectivity index (χ2v) is 8.67. The quantitative estimate of drug-likeness (QED) is 0.563. The van der Waals surface area contributed by atoms with Gasteiger partial charge in [-0.3, -0.25) is 14.5 Å². The Morgan fingerprint density at radius 3 is 2.58 bits per heavy atom. The van der Waals surface area contributed by atoms with Gasteiger partial charge >= 0.3 is 0 Å². The Morgan fingerprint density at radius 1 is 1.15 bits per heavy atom. The third kappa shape index (κ3) is 6.71. The number of aromatic nitrogens is 1. The van der Waals surface area contributed by atoms with Crippen molar-refractivity contribution in [3.63, 3.8) is 0 Å². The Kier molecular flexibility index (Phi) is 8.32. The van der Waals surface area contributed by atoms with E-state index in [-0.39, 0.29) is 31.0 Å². The van der Waals surface area contributed by atoms with Gasteiger partial charge in [0.25, 0.3) is 0 Å². The molecule has 178 valence electrons. The largest absolute Gasteiger partial charge is 0.384 e. The van der Waals surface area contributed by atoms with Gasteiger partial charge < -0.3 is 16.4 Å². The van der Waals surface area contributed by atoms with Crippen molar-refractivity contribution >= 4 is 17.6 Å². The van der Waals surface area contributed by atoms with Gasteiger partial charge in [0.2, 0.25) is 11.8 Å². The fourth-order valence-corrected chi connectivity index (χ4v) is 4.09.